The molecule has 32 heavy (non-hydrogen) atoms. The van der Waals surface area contributed by atoms with Gasteiger partial charge in [-0.1, -0.05) is 48.5 Å². The first-order valence-electron chi connectivity index (χ1n) is 10.4. The number of carbonyl (C=O) groups excluding carboxylic acids is 2. The highest BCUT2D eigenvalue weighted by Gasteiger charge is 2.49. The van der Waals surface area contributed by atoms with E-state index in [1.807, 2.05) is 61.5 Å². The number of piperazine rings is 1. The van der Waals surface area contributed by atoms with E-state index < -0.39 is 27.4 Å². The topological polar surface area (TPSA) is 96.0 Å². The molecular formula is C23H29N3O5S. The molecule has 1 fully saturated rings. The van der Waals surface area contributed by atoms with E-state index in [0.29, 0.717) is 12.4 Å². The van der Waals surface area contributed by atoms with Crippen LogP contribution in [0.4, 0.5) is 0 Å². The van der Waals surface area contributed by atoms with Crippen molar-refractivity contribution in [2.24, 2.45) is 0 Å². The molecule has 1 saturated heterocycles. The largest absolute Gasteiger partial charge is 0.494 e. The summed E-state index contributed by atoms with van der Waals surface area (Å²) in [7, 11) is -3.66. The van der Waals surface area contributed by atoms with Crippen LogP contribution < -0.4 is 10.1 Å². The summed E-state index contributed by atoms with van der Waals surface area (Å²) in [6, 6.07) is 16.7. The second-order valence-corrected chi connectivity index (χ2v) is 9.98. The fraction of sp³-hybridized carbons (Fsp3) is 0.391. The number of nitrogens with one attached hydrogen (secondary N) is 1. The lowest BCUT2D eigenvalue weighted by molar-refractivity contribution is -0.153. The van der Waals surface area contributed by atoms with Crippen LogP contribution in [0.1, 0.15) is 25.0 Å². The van der Waals surface area contributed by atoms with Gasteiger partial charge in [-0.15, -0.1) is 0 Å². The van der Waals surface area contributed by atoms with Crippen molar-refractivity contribution in [2.45, 2.75) is 32.5 Å². The van der Waals surface area contributed by atoms with Gasteiger partial charge in [0.15, 0.2) is 0 Å². The third kappa shape index (κ3) is 5.28. The Morgan fingerprint density at radius 3 is 2.44 bits per heavy atom. The monoisotopic (exact) mass is 459 g/mol. The summed E-state index contributed by atoms with van der Waals surface area (Å²) in [4.78, 5) is 27.9. The van der Waals surface area contributed by atoms with Crippen molar-refractivity contribution in [1.29, 1.82) is 0 Å². The van der Waals surface area contributed by atoms with Crippen molar-refractivity contribution in [3.05, 3.63) is 65.7 Å². The minimum atomic E-state index is -3.66. The molecule has 0 saturated carbocycles. The number of sulfonamides is 1. The van der Waals surface area contributed by atoms with Crippen LogP contribution in [-0.4, -0.2) is 60.9 Å². The molecule has 0 unspecified atom stereocenters. The van der Waals surface area contributed by atoms with Crippen molar-refractivity contribution in [3.63, 3.8) is 0 Å². The molecule has 0 bridgehead atoms. The maximum atomic E-state index is 13.4. The van der Waals surface area contributed by atoms with Crippen molar-refractivity contribution in [3.8, 4) is 5.75 Å². The molecule has 9 heteroatoms. The number of hydrogen-bond acceptors (Lipinski definition) is 5. The number of nitrogens with zero attached hydrogens (tertiary/aromatic N) is 2. The SMILES string of the molecule is CCOc1ccccc1CN1C(=O)CN(S(C)(=O)=O)C[C@@]1(C)C(=O)NCc1ccccc1. The van der Waals surface area contributed by atoms with E-state index in [9.17, 15) is 18.0 Å². The molecule has 1 atom stereocenters. The van der Waals surface area contributed by atoms with Gasteiger partial charge >= 0.3 is 0 Å². The Bertz CT molecular complexity index is 1070. The molecule has 1 N–H and O–H groups in total. The highest BCUT2D eigenvalue weighted by Crippen LogP contribution is 2.29. The van der Waals surface area contributed by atoms with Crippen LogP contribution in [0.5, 0.6) is 5.75 Å². The summed E-state index contributed by atoms with van der Waals surface area (Å²) < 4.78 is 31.2. The van der Waals surface area contributed by atoms with Crippen LogP contribution in [0.25, 0.3) is 0 Å². The third-order valence-corrected chi connectivity index (χ3v) is 6.74. The molecule has 172 valence electrons. The zero-order valence-corrected chi connectivity index (χ0v) is 19.4. The highest BCUT2D eigenvalue weighted by atomic mass is 32.2. The Morgan fingerprint density at radius 2 is 1.78 bits per heavy atom. The summed E-state index contributed by atoms with van der Waals surface area (Å²) in [5.74, 6) is -0.234. The molecular weight excluding hydrogens is 430 g/mol. The van der Waals surface area contributed by atoms with Crippen molar-refractivity contribution < 1.29 is 22.7 Å². The number of ether oxygens (including phenoxy) is 1. The third-order valence-electron chi connectivity index (χ3n) is 5.55. The molecule has 2 aromatic rings. The van der Waals surface area contributed by atoms with Gasteiger partial charge in [0.2, 0.25) is 21.8 Å². The maximum absolute atomic E-state index is 13.4. The molecule has 3 rings (SSSR count). The van der Waals surface area contributed by atoms with Gasteiger partial charge in [-0.2, -0.15) is 4.31 Å². The molecule has 2 amide bonds. The van der Waals surface area contributed by atoms with E-state index in [1.54, 1.807) is 6.92 Å². The van der Waals surface area contributed by atoms with Crippen LogP contribution in [0, 0.1) is 0 Å². The summed E-state index contributed by atoms with van der Waals surface area (Å²) in [6.45, 7) is 3.89. The summed E-state index contributed by atoms with van der Waals surface area (Å²) >= 11 is 0. The van der Waals surface area contributed by atoms with Crippen molar-refractivity contribution >= 4 is 21.8 Å². The minimum Gasteiger partial charge on any atom is -0.494 e. The Morgan fingerprint density at radius 1 is 1.12 bits per heavy atom. The second-order valence-electron chi connectivity index (χ2n) is 7.99. The van der Waals surface area contributed by atoms with Gasteiger partial charge < -0.3 is 15.0 Å². The number of benzene rings is 2. The molecule has 1 aliphatic rings. The Kier molecular flexibility index (Phi) is 7.20. The zero-order chi connectivity index (χ0) is 23.4. The Labute approximate surface area is 189 Å². The van der Waals surface area contributed by atoms with E-state index in [2.05, 4.69) is 5.32 Å². The molecule has 2 aromatic carbocycles. The molecule has 1 heterocycles. The standard InChI is InChI=1S/C23H29N3O5S/c1-4-31-20-13-9-8-12-19(20)15-26-21(27)16-25(32(3,29)30)17-23(26,2)22(28)24-14-18-10-6-5-7-11-18/h5-13H,4,14-17H2,1-3H3,(H,24,28)/t23-/m0/s1. The first-order valence-corrected chi connectivity index (χ1v) is 12.3. The molecule has 8 nitrogen and oxygen atoms in total. The molecule has 0 radical (unpaired) electrons. The van der Waals surface area contributed by atoms with Gasteiger partial charge in [-0.3, -0.25) is 9.59 Å². The summed E-state index contributed by atoms with van der Waals surface area (Å²) in [5.41, 5.74) is 0.254. The van der Waals surface area contributed by atoms with Crippen LogP contribution in [-0.2, 0) is 32.7 Å². The summed E-state index contributed by atoms with van der Waals surface area (Å²) in [5, 5.41) is 2.87. The number of hydrogen-bond donors (Lipinski definition) is 1. The van der Waals surface area contributed by atoms with Gasteiger partial charge in [-0.05, 0) is 25.5 Å². The van der Waals surface area contributed by atoms with E-state index in [-0.39, 0.29) is 26.2 Å². The van der Waals surface area contributed by atoms with Crippen LogP contribution in [0.2, 0.25) is 0 Å². The number of carbonyl (C=O) groups is 2. The van der Waals surface area contributed by atoms with E-state index in [0.717, 1.165) is 21.7 Å². The predicted octanol–water partition coefficient (Wildman–Crippen LogP) is 1.76. The maximum Gasteiger partial charge on any atom is 0.247 e. The summed E-state index contributed by atoms with van der Waals surface area (Å²) in [6.07, 6.45) is 1.04. The Balaban J connectivity index is 1.92. The van der Waals surface area contributed by atoms with E-state index in [1.165, 1.54) is 4.90 Å². The van der Waals surface area contributed by atoms with Gasteiger partial charge in [0, 0.05) is 18.7 Å². The van der Waals surface area contributed by atoms with Crippen LogP contribution >= 0.6 is 0 Å². The number of amides is 2. The van der Waals surface area contributed by atoms with Crippen molar-refractivity contribution in [1.82, 2.24) is 14.5 Å². The average molecular weight is 460 g/mol. The van der Waals surface area contributed by atoms with Crippen LogP contribution in [0.3, 0.4) is 0 Å². The fourth-order valence-electron chi connectivity index (χ4n) is 3.76. The normalized spacial score (nSPS) is 19.6. The van der Waals surface area contributed by atoms with Gasteiger partial charge in [0.05, 0.1) is 26.0 Å². The van der Waals surface area contributed by atoms with Crippen LogP contribution in [0.15, 0.2) is 54.6 Å². The molecule has 1 aliphatic heterocycles. The smallest absolute Gasteiger partial charge is 0.247 e. The minimum absolute atomic E-state index is 0.127. The average Bonchev–Trinajstić information content (AvgIpc) is 2.75. The lowest BCUT2D eigenvalue weighted by atomic mass is 9.94. The lowest BCUT2D eigenvalue weighted by Gasteiger charge is -2.46. The lowest BCUT2D eigenvalue weighted by Crippen LogP contribution is -2.69. The second kappa shape index (κ2) is 9.70. The molecule has 0 aromatic heterocycles. The van der Waals surface area contributed by atoms with Crippen molar-refractivity contribution in [2.75, 3.05) is 26.0 Å². The number of rotatable bonds is 8. The van der Waals surface area contributed by atoms with Gasteiger partial charge in [-0.25, -0.2) is 8.42 Å². The Hall–Kier alpha value is -2.91. The first kappa shape index (κ1) is 23.7. The van der Waals surface area contributed by atoms with E-state index in [4.69, 9.17) is 4.74 Å². The van der Waals surface area contributed by atoms with Gasteiger partial charge in [0.25, 0.3) is 0 Å². The zero-order valence-electron chi connectivity index (χ0n) is 18.6. The molecule has 0 spiro atoms. The number of para-hydroxylation sites is 1. The fourth-order valence-corrected chi connectivity index (χ4v) is 4.59. The van der Waals surface area contributed by atoms with E-state index >= 15 is 0 Å². The van der Waals surface area contributed by atoms with Gasteiger partial charge in [0.1, 0.15) is 11.3 Å². The predicted molar refractivity (Wildman–Crippen MR) is 121 cm³/mol. The first-order chi connectivity index (χ1) is 15.1. The molecule has 0 aliphatic carbocycles. The highest BCUT2D eigenvalue weighted by molar-refractivity contribution is 7.88. The quantitative estimate of drug-likeness (QED) is 0.649.